The molecule has 2 aromatic rings. The second kappa shape index (κ2) is 9.50. The summed E-state index contributed by atoms with van der Waals surface area (Å²) in [6.07, 6.45) is 2.64. The van der Waals surface area contributed by atoms with Gasteiger partial charge in [0.25, 0.3) is 5.91 Å². The Bertz CT molecular complexity index is 790. The summed E-state index contributed by atoms with van der Waals surface area (Å²) in [6.45, 7) is 5.21. The van der Waals surface area contributed by atoms with Crippen LogP contribution in [0.25, 0.3) is 0 Å². The number of carbonyl (C=O) groups excluding carboxylic acids is 1. The molecule has 1 saturated heterocycles. The van der Waals surface area contributed by atoms with Crippen LogP contribution in [0.5, 0.6) is 0 Å². The van der Waals surface area contributed by atoms with Crippen molar-refractivity contribution in [1.29, 1.82) is 0 Å². The lowest BCUT2D eigenvalue weighted by Gasteiger charge is -2.36. The molecule has 0 bridgehead atoms. The maximum atomic E-state index is 13.9. The van der Waals surface area contributed by atoms with Crippen LogP contribution in [0.4, 0.5) is 15.9 Å². The zero-order chi connectivity index (χ0) is 19.9. The van der Waals surface area contributed by atoms with Crippen LogP contribution in [0.2, 0.25) is 0 Å². The minimum atomic E-state index is -0.154. The largest absolute Gasteiger partial charge is 0.369 e. The molecule has 1 N–H and O–H groups in total. The summed E-state index contributed by atoms with van der Waals surface area (Å²) in [5.74, 6) is 0.420. The molecule has 1 aliphatic rings. The van der Waals surface area contributed by atoms with E-state index in [-0.39, 0.29) is 11.7 Å². The molecule has 1 aromatic heterocycles. The van der Waals surface area contributed by atoms with Crippen molar-refractivity contribution in [3.63, 3.8) is 0 Å². The van der Waals surface area contributed by atoms with Crippen molar-refractivity contribution in [3.05, 3.63) is 54.0 Å². The molecule has 0 saturated carbocycles. The van der Waals surface area contributed by atoms with Gasteiger partial charge in [-0.3, -0.25) is 9.69 Å². The van der Waals surface area contributed by atoms with E-state index in [1.54, 1.807) is 43.4 Å². The number of para-hydroxylation sites is 1. The monoisotopic (exact) mass is 385 g/mol. The van der Waals surface area contributed by atoms with Crippen molar-refractivity contribution in [1.82, 2.24) is 14.8 Å². The van der Waals surface area contributed by atoms with Crippen LogP contribution in [0.3, 0.4) is 0 Å². The minimum Gasteiger partial charge on any atom is -0.369 e. The number of rotatable bonds is 7. The standard InChI is InChI=1S/C21H28FN5O/c1-25(2)21(28)17-7-5-10-23-20(17)24-11-6-12-26-13-15-27(16-14-26)19-9-4-3-8-18(19)22/h3-5,7-10H,6,11-16H2,1-2H3,(H,23,24). The van der Waals surface area contributed by atoms with Crippen LogP contribution in [-0.2, 0) is 0 Å². The summed E-state index contributed by atoms with van der Waals surface area (Å²) in [4.78, 5) is 22.6. The fourth-order valence-corrected chi connectivity index (χ4v) is 3.39. The van der Waals surface area contributed by atoms with E-state index in [2.05, 4.69) is 20.1 Å². The first-order valence-corrected chi connectivity index (χ1v) is 9.68. The number of nitrogens with one attached hydrogen (secondary N) is 1. The van der Waals surface area contributed by atoms with Gasteiger partial charge in [0.15, 0.2) is 0 Å². The van der Waals surface area contributed by atoms with Gasteiger partial charge < -0.3 is 15.1 Å². The highest BCUT2D eigenvalue weighted by molar-refractivity contribution is 5.98. The smallest absolute Gasteiger partial charge is 0.257 e. The zero-order valence-electron chi connectivity index (χ0n) is 16.6. The van der Waals surface area contributed by atoms with Gasteiger partial charge in [0.05, 0.1) is 11.3 Å². The van der Waals surface area contributed by atoms with Gasteiger partial charge in [-0.1, -0.05) is 12.1 Å². The SMILES string of the molecule is CN(C)C(=O)c1cccnc1NCCCN1CCN(c2ccccc2F)CC1. The van der Waals surface area contributed by atoms with Crippen molar-refractivity contribution in [2.75, 3.05) is 63.6 Å². The first-order valence-electron chi connectivity index (χ1n) is 9.68. The van der Waals surface area contributed by atoms with E-state index in [1.165, 1.54) is 6.07 Å². The number of aromatic nitrogens is 1. The average Bonchev–Trinajstić information content (AvgIpc) is 2.72. The molecule has 150 valence electrons. The molecule has 1 amide bonds. The van der Waals surface area contributed by atoms with Crippen LogP contribution in [0.1, 0.15) is 16.8 Å². The van der Waals surface area contributed by atoms with Gasteiger partial charge in [0, 0.05) is 53.0 Å². The van der Waals surface area contributed by atoms with Gasteiger partial charge in [0.2, 0.25) is 0 Å². The Morgan fingerprint density at radius 2 is 1.89 bits per heavy atom. The highest BCUT2D eigenvalue weighted by Crippen LogP contribution is 2.20. The Hall–Kier alpha value is -2.67. The van der Waals surface area contributed by atoms with Crippen molar-refractivity contribution >= 4 is 17.4 Å². The number of hydrogen-bond acceptors (Lipinski definition) is 5. The summed E-state index contributed by atoms with van der Waals surface area (Å²) >= 11 is 0. The first-order chi connectivity index (χ1) is 13.6. The van der Waals surface area contributed by atoms with Crippen LogP contribution in [0, 0.1) is 5.82 Å². The zero-order valence-corrected chi connectivity index (χ0v) is 16.6. The van der Waals surface area contributed by atoms with E-state index in [4.69, 9.17) is 0 Å². The molecule has 0 atom stereocenters. The summed E-state index contributed by atoms with van der Waals surface area (Å²) in [7, 11) is 3.47. The van der Waals surface area contributed by atoms with E-state index in [0.717, 1.165) is 45.7 Å². The Labute approximate surface area is 166 Å². The molecule has 7 heteroatoms. The summed E-state index contributed by atoms with van der Waals surface area (Å²) < 4.78 is 13.9. The van der Waals surface area contributed by atoms with Gasteiger partial charge in [-0.05, 0) is 37.2 Å². The predicted molar refractivity (Wildman–Crippen MR) is 110 cm³/mol. The lowest BCUT2D eigenvalue weighted by atomic mass is 10.2. The van der Waals surface area contributed by atoms with Gasteiger partial charge in [0.1, 0.15) is 11.6 Å². The third-order valence-corrected chi connectivity index (χ3v) is 4.95. The highest BCUT2D eigenvalue weighted by Gasteiger charge is 2.19. The Morgan fingerprint density at radius 1 is 1.14 bits per heavy atom. The number of carbonyl (C=O) groups is 1. The molecule has 1 aromatic carbocycles. The fourth-order valence-electron chi connectivity index (χ4n) is 3.39. The van der Waals surface area contributed by atoms with E-state index < -0.39 is 0 Å². The number of anilines is 2. The van der Waals surface area contributed by atoms with Gasteiger partial charge in [-0.15, -0.1) is 0 Å². The number of pyridine rings is 1. The van der Waals surface area contributed by atoms with E-state index in [1.807, 2.05) is 12.1 Å². The average molecular weight is 385 g/mol. The van der Waals surface area contributed by atoms with Crippen LogP contribution in [0.15, 0.2) is 42.6 Å². The maximum Gasteiger partial charge on any atom is 0.257 e. The molecule has 0 radical (unpaired) electrons. The maximum absolute atomic E-state index is 13.9. The normalized spacial score (nSPS) is 14.8. The molecular formula is C21H28FN5O. The van der Waals surface area contributed by atoms with E-state index >= 15 is 0 Å². The number of piperazine rings is 1. The van der Waals surface area contributed by atoms with Crippen molar-refractivity contribution < 1.29 is 9.18 Å². The van der Waals surface area contributed by atoms with Crippen LogP contribution >= 0.6 is 0 Å². The molecule has 28 heavy (non-hydrogen) atoms. The molecule has 6 nitrogen and oxygen atoms in total. The molecule has 0 unspecified atom stereocenters. The van der Waals surface area contributed by atoms with Crippen molar-refractivity contribution in [2.45, 2.75) is 6.42 Å². The van der Waals surface area contributed by atoms with Gasteiger partial charge in [-0.2, -0.15) is 0 Å². The van der Waals surface area contributed by atoms with E-state index in [0.29, 0.717) is 17.1 Å². The molecule has 1 aliphatic heterocycles. The highest BCUT2D eigenvalue weighted by atomic mass is 19.1. The number of nitrogens with zero attached hydrogens (tertiary/aromatic N) is 4. The lowest BCUT2D eigenvalue weighted by molar-refractivity contribution is 0.0828. The Kier molecular flexibility index (Phi) is 6.81. The second-order valence-electron chi connectivity index (χ2n) is 7.16. The van der Waals surface area contributed by atoms with E-state index in [9.17, 15) is 9.18 Å². The molecular weight excluding hydrogens is 357 g/mol. The van der Waals surface area contributed by atoms with Crippen molar-refractivity contribution in [3.8, 4) is 0 Å². The summed E-state index contributed by atoms with van der Waals surface area (Å²) in [5.41, 5.74) is 1.28. The third kappa shape index (κ3) is 4.98. The number of hydrogen-bond donors (Lipinski definition) is 1. The van der Waals surface area contributed by atoms with Crippen LogP contribution < -0.4 is 10.2 Å². The number of halogens is 1. The first kappa shape index (κ1) is 20.1. The minimum absolute atomic E-state index is 0.0557. The predicted octanol–water partition coefficient (Wildman–Crippen LogP) is 2.55. The fraction of sp³-hybridized carbons (Fsp3) is 0.429. The number of amides is 1. The quantitative estimate of drug-likeness (QED) is 0.743. The van der Waals surface area contributed by atoms with Crippen molar-refractivity contribution in [2.24, 2.45) is 0 Å². The second-order valence-corrected chi connectivity index (χ2v) is 7.16. The Morgan fingerprint density at radius 3 is 2.61 bits per heavy atom. The topological polar surface area (TPSA) is 51.7 Å². The third-order valence-electron chi connectivity index (χ3n) is 4.95. The molecule has 0 spiro atoms. The summed E-state index contributed by atoms with van der Waals surface area (Å²) in [5, 5.41) is 3.29. The lowest BCUT2D eigenvalue weighted by Crippen LogP contribution is -2.47. The van der Waals surface area contributed by atoms with Gasteiger partial charge in [-0.25, -0.2) is 9.37 Å². The number of benzene rings is 1. The Balaban J connectivity index is 1.43. The van der Waals surface area contributed by atoms with Gasteiger partial charge >= 0.3 is 0 Å². The summed E-state index contributed by atoms with van der Waals surface area (Å²) in [6, 6.07) is 10.5. The molecule has 3 rings (SSSR count). The molecule has 0 aliphatic carbocycles. The molecule has 2 heterocycles. The molecule has 1 fully saturated rings. The van der Waals surface area contributed by atoms with Crippen LogP contribution in [-0.4, -0.2) is 74.1 Å².